The van der Waals surface area contributed by atoms with Crippen molar-refractivity contribution in [1.82, 2.24) is 20.3 Å². The van der Waals surface area contributed by atoms with Crippen molar-refractivity contribution >= 4 is 5.91 Å². The number of carbonyl (C=O) groups excluding carboxylic acids is 1. The largest absolute Gasteiger partial charge is 0.456 e. The van der Waals surface area contributed by atoms with Crippen LogP contribution in [0.3, 0.4) is 0 Å². The molecule has 2 heterocycles. The zero-order valence-electron chi connectivity index (χ0n) is 13.5. The van der Waals surface area contributed by atoms with Gasteiger partial charge in [0.15, 0.2) is 5.76 Å². The number of hydrogen-bond acceptors (Lipinski definition) is 5. The van der Waals surface area contributed by atoms with Crippen molar-refractivity contribution in [2.24, 2.45) is 0 Å². The summed E-state index contributed by atoms with van der Waals surface area (Å²) in [7, 11) is 0. The molecule has 3 rings (SSSR count). The first-order valence-corrected chi connectivity index (χ1v) is 7.98. The minimum Gasteiger partial charge on any atom is -0.456 e. The molecule has 0 saturated heterocycles. The van der Waals surface area contributed by atoms with Crippen LogP contribution in [0, 0.1) is 13.8 Å². The third-order valence-electron chi connectivity index (χ3n) is 4.50. The smallest absolute Gasteiger partial charge is 0.287 e. The van der Waals surface area contributed by atoms with Crippen LogP contribution in [0.5, 0.6) is 0 Å². The van der Waals surface area contributed by atoms with Crippen LogP contribution in [0.4, 0.5) is 0 Å². The molecule has 1 amide bonds. The summed E-state index contributed by atoms with van der Waals surface area (Å²) in [6.45, 7) is 3.64. The summed E-state index contributed by atoms with van der Waals surface area (Å²) in [5.41, 5.74) is 1.51. The van der Waals surface area contributed by atoms with Gasteiger partial charge in [0, 0.05) is 0 Å². The maximum absolute atomic E-state index is 12.4. The van der Waals surface area contributed by atoms with Crippen LogP contribution >= 0.6 is 0 Å². The summed E-state index contributed by atoms with van der Waals surface area (Å²) in [5, 5.41) is 20.2. The van der Waals surface area contributed by atoms with E-state index in [4.69, 9.17) is 9.52 Å². The fourth-order valence-electron chi connectivity index (χ4n) is 3.07. The lowest BCUT2D eigenvalue weighted by Crippen LogP contribution is -2.43. The van der Waals surface area contributed by atoms with Gasteiger partial charge >= 0.3 is 0 Å². The minimum absolute atomic E-state index is 0.0183. The van der Waals surface area contributed by atoms with Crippen molar-refractivity contribution in [3.8, 4) is 0 Å². The Labute approximate surface area is 134 Å². The molecule has 0 bridgehead atoms. The maximum atomic E-state index is 12.4. The highest BCUT2D eigenvalue weighted by Gasteiger charge is 2.30. The van der Waals surface area contributed by atoms with Crippen LogP contribution in [0.25, 0.3) is 0 Å². The number of carbonyl (C=O) groups is 1. The van der Waals surface area contributed by atoms with E-state index < -0.39 is 0 Å². The van der Waals surface area contributed by atoms with Crippen LogP contribution in [0.2, 0.25) is 0 Å². The molecule has 0 spiro atoms. The molecule has 2 atom stereocenters. The zero-order chi connectivity index (χ0) is 16.4. The number of aromatic nitrogens is 3. The van der Waals surface area contributed by atoms with Crippen molar-refractivity contribution in [2.45, 2.75) is 58.2 Å². The molecule has 2 N–H and O–H groups in total. The van der Waals surface area contributed by atoms with E-state index in [0.717, 1.165) is 37.0 Å². The second kappa shape index (κ2) is 6.54. The highest BCUT2D eigenvalue weighted by atomic mass is 16.3. The minimum atomic E-state index is -0.194. The Morgan fingerprint density at radius 2 is 2.22 bits per heavy atom. The normalized spacial score (nSPS) is 21.3. The van der Waals surface area contributed by atoms with E-state index in [0.29, 0.717) is 11.5 Å². The van der Waals surface area contributed by atoms with Gasteiger partial charge < -0.3 is 14.8 Å². The average molecular weight is 318 g/mol. The van der Waals surface area contributed by atoms with Gasteiger partial charge in [-0.25, -0.2) is 4.68 Å². The topological polar surface area (TPSA) is 93.2 Å². The first-order valence-electron chi connectivity index (χ1n) is 7.98. The fourth-order valence-corrected chi connectivity index (χ4v) is 3.07. The van der Waals surface area contributed by atoms with Crippen molar-refractivity contribution < 1.29 is 14.3 Å². The number of aryl methyl sites for hydroxylation is 2. The first-order chi connectivity index (χ1) is 11.1. The summed E-state index contributed by atoms with van der Waals surface area (Å²) in [4.78, 5) is 12.4. The summed E-state index contributed by atoms with van der Waals surface area (Å²) in [6, 6.07) is 1.80. The van der Waals surface area contributed by atoms with Crippen LogP contribution in [0.1, 0.15) is 59.3 Å². The molecule has 2 aromatic rings. The molecule has 1 saturated carbocycles. The van der Waals surface area contributed by atoms with Crippen LogP contribution in [0.15, 0.2) is 16.7 Å². The van der Waals surface area contributed by atoms with Crippen LogP contribution in [-0.4, -0.2) is 32.0 Å². The maximum Gasteiger partial charge on any atom is 0.287 e. The number of aliphatic hydroxyl groups excluding tert-OH is 1. The predicted octanol–water partition coefficient (Wildman–Crippen LogP) is 1.89. The van der Waals surface area contributed by atoms with E-state index in [9.17, 15) is 4.79 Å². The number of amides is 1. The monoisotopic (exact) mass is 318 g/mol. The molecule has 1 aliphatic rings. The third kappa shape index (κ3) is 3.29. The number of rotatable bonds is 4. The molecule has 7 nitrogen and oxygen atoms in total. The predicted molar refractivity (Wildman–Crippen MR) is 82.9 cm³/mol. The van der Waals surface area contributed by atoms with Gasteiger partial charge in [0.2, 0.25) is 0 Å². The molecule has 23 heavy (non-hydrogen) atoms. The number of nitrogens with zero attached hydrogens (tertiary/aromatic N) is 3. The highest BCUT2D eigenvalue weighted by molar-refractivity contribution is 5.92. The standard InChI is InChI=1S/C16H22N4O3/c1-10-7-15(23-11(10)2)16(22)17-13-5-3-4-6-14(13)20-8-12(9-21)18-19-20/h7-8,13-14,21H,3-6,9H2,1-2H3,(H,17,22)/t13-,14+/m0/s1. The summed E-state index contributed by atoms with van der Waals surface area (Å²) >= 11 is 0. The number of hydrogen-bond donors (Lipinski definition) is 2. The van der Waals surface area contributed by atoms with E-state index >= 15 is 0 Å². The van der Waals surface area contributed by atoms with E-state index in [-0.39, 0.29) is 24.6 Å². The van der Waals surface area contributed by atoms with E-state index in [2.05, 4.69) is 15.6 Å². The van der Waals surface area contributed by atoms with Gasteiger partial charge in [-0.05, 0) is 38.3 Å². The Bertz CT molecular complexity index is 672. The second-order valence-electron chi connectivity index (χ2n) is 6.13. The van der Waals surface area contributed by atoms with Gasteiger partial charge in [-0.1, -0.05) is 18.1 Å². The summed E-state index contributed by atoms with van der Waals surface area (Å²) in [5.74, 6) is 0.916. The van der Waals surface area contributed by atoms with Gasteiger partial charge in [0.25, 0.3) is 5.91 Å². The third-order valence-corrected chi connectivity index (χ3v) is 4.50. The molecule has 124 valence electrons. The lowest BCUT2D eigenvalue weighted by atomic mass is 9.90. The van der Waals surface area contributed by atoms with Gasteiger partial charge in [-0.3, -0.25) is 4.79 Å². The highest BCUT2D eigenvalue weighted by Crippen LogP contribution is 2.28. The summed E-state index contributed by atoms with van der Waals surface area (Å²) < 4.78 is 7.26. The fraction of sp³-hybridized carbons (Fsp3) is 0.562. The van der Waals surface area contributed by atoms with Gasteiger partial charge in [0.1, 0.15) is 11.5 Å². The van der Waals surface area contributed by atoms with Crippen LogP contribution in [-0.2, 0) is 6.61 Å². The SMILES string of the molecule is Cc1cc(C(=O)N[C@H]2CCCC[C@H]2n2cc(CO)nn2)oc1C. The van der Waals surface area contributed by atoms with Gasteiger partial charge in [-0.15, -0.1) is 5.10 Å². The number of furan rings is 1. The van der Waals surface area contributed by atoms with E-state index in [1.165, 1.54) is 0 Å². The van der Waals surface area contributed by atoms with Gasteiger partial charge in [0.05, 0.1) is 24.9 Å². The Kier molecular flexibility index (Phi) is 4.47. The molecule has 0 aromatic carbocycles. The van der Waals surface area contributed by atoms with Crippen LogP contribution < -0.4 is 5.32 Å². The van der Waals surface area contributed by atoms with Gasteiger partial charge in [-0.2, -0.15) is 0 Å². The number of aliphatic hydroxyl groups is 1. The molecule has 7 heteroatoms. The van der Waals surface area contributed by atoms with Crippen molar-refractivity contribution in [3.05, 3.63) is 35.0 Å². The molecule has 0 unspecified atom stereocenters. The first kappa shape index (κ1) is 15.7. The Morgan fingerprint density at radius 1 is 1.43 bits per heavy atom. The Morgan fingerprint density at radius 3 is 2.87 bits per heavy atom. The Hall–Kier alpha value is -2.15. The molecule has 2 aromatic heterocycles. The molecular weight excluding hydrogens is 296 g/mol. The quantitative estimate of drug-likeness (QED) is 0.898. The lowest BCUT2D eigenvalue weighted by molar-refractivity contribution is 0.0875. The zero-order valence-corrected chi connectivity index (χ0v) is 13.5. The van der Waals surface area contributed by atoms with Crippen molar-refractivity contribution in [3.63, 3.8) is 0 Å². The molecule has 1 fully saturated rings. The lowest BCUT2D eigenvalue weighted by Gasteiger charge is -2.31. The van der Waals surface area contributed by atoms with Crippen molar-refractivity contribution in [2.75, 3.05) is 0 Å². The Balaban J connectivity index is 1.74. The molecule has 0 aliphatic heterocycles. The van der Waals surface area contributed by atoms with E-state index in [1.54, 1.807) is 16.9 Å². The van der Waals surface area contributed by atoms with E-state index in [1.807, 2.05) is 13.8 Å². The summed E-state index contributed by atoms with van der Waals surface area (Å²) in [6.07, 6.45) is 5.72. The molecular formula is C16H22N4O3. The second-order valence-corrected chi connectivity index (χ2v) is 6.13. The number of nitrogens with one attached hydrogen (secondary N) is 1. The molecule has 1 aliphatic carbocycles. The molecule has 0 radical (unpaired) electrons. The van der Waals surface area contributed by atoms with Crippen molar-refractivity contribution in [1.29, 1.82) is 0 Å². The average Bonchev–Trinajstić information content (AvgIpc) is 3.15.